The molecule has 0 aliphatic rings. The van der Waals surface area contributed by atoms with E-state index >= 15 is 0 Å². The average molecular weight is 679 g/mol. The van der Waals surface area contributed by atoms with Crippen LogP contribution in [0.1, 0.15) is 7.43 Å². The van der Waals surface area contributed by atoms with Crippen LogP contribution in [0.2, 0.25) is 15.1 Å². The number of hydrogen-bond donors (Lipinski definition) is 0. The molecule has 17 heteroatoms. The number of rotatable bonds is 9. The molecule has 240 valence electrons. The van der Waals surface area contributed by atoms with Gasteiger partial charge in [-0.1, -0.05) is 42.8 Å². The van der Waals surface area contributed by atoms with Gasteiger partial charge in [0, 0.05) is 41.0 Å². The molecule has 0 aliphatic carbocycles. The molecule has 0 unspecified atom stereocenters. The Morgan fingerprint density at radius 2 is 1.09 bits per heavy atom. The maximum absolute atomic E-state index is 13.8. The van der Waals surface area contributed by atoms with Crippen LogP contribution in [0.3, 0.4) is 0 Å². The van der Waals surface area contributed by atoms with Gasteiger partial charge in [-0.25, -0.2) is 13.2 Å². The van der Waals surface area contributed by atoms with Crippen LogP contribution >= 0.6 is 34.8 Å². The van der Waals surface area contributed by atoms with E-state index in [1.807, 2.05) is 0 Å². The van der Waals surface area contributed by atoms with Crippen molar-refractivity contribution in [2.24, 2.45) is 0 Å². The first-order chi connectivity index (χ1) is 20.0. The monoisotopic (exact) mass is 678 g/mol. The van der Waals surface area contributed by atoms with Crippen molar-refractivity contribution >= 4 is 54.7 Å². The SMILES string of the molecule is C.COB(OC)OC.COB(OC)c1ccc(Cl)c(OC)c1F.COc1c(F)[c-]ccc1Cl.COc1c(F)cccc1Cl.[Li+]. The van der Waals surface area contributed by atoms with E-state index in [0.29, 0.717) is 5.02 Å². The minimum atomic E-state index is -0.767. The van der Waals surface area contributed by atoms with E-state index in [1.54, 1.807) is 6.07 Å². The van der Waals surface area contributed by atoms with Crippen molar-refractivity contribution in [2.75, 3.05) is 56.9 Å². The van der Waals surface area contributed by atoms with Crippen LogP contribution < -0.4 is 38.5 Å². The molecule has 0 N–H and O–H groups in total. The van der Waals surface area contributed by atoms with Gasteiger partial charge in [-0.3, -0.25) is 0 Å². The number of halogens is 6. The van der Waals surface area contributed by atoms with Crippen LogP contribution in [0.4, 0.5) is 13.2 Å². The van der Waals surface area contributed by atoms with E-state index in [4.69, 9.17) is 48.8 Å². The van der Waals surface area contributed by atoms with Crippen molar-refractivity contribution in [1.82, 2.24) is 0 Å². The zero-order valence-corrected chi connectivity index (χ0v) is 27.5. The fourth-order valence-corrected chi connectivity index (χ4v) is 3.54. The summed E-state index contributed by atoms with van der Waals surface area (Å²) < 4.78 is 76.9. The molecule has 0 spiro atoms. The van der Waals surface area contributed by atoms with E-state index in [9.17, 15) is 13.2 Å². The summed E-state index contributed by atoms with van der Waals surface area (Å²) in [6.45, 7) is 0. The zero-order chi connectivity index (χ0) is 32.2. The Morgan fingerprint density at radius 1 is 0.614 bits per heavy atom. The van der Waals surface area contributed by atoms with Gasteiger partial charge < -0.3 is 37.5 Å². The molecule has 44 heavy (non-hydrogen) atoms. The first-order valence-corrected chi connectivity index (χ1v) is 12.7. The third kappa shape index (κ3) is 15.5. The van der Waals surface area contributed by atoms with Crippen LogP contribution in [0.5, 0.6) is 17.2 Å². The van der Waals surface area contributed by atoms with Gasteiger partial charge in [0.1, 0.15) is 0 Å². The van der Waals surface area contributed by atoms with Crippen molar-refractivity contribution in [3.63, 3.8) is 0 Å². The van der Waals surface area contributed by atoms with Crippen molar-refractivity contribution in [3.05, 3.63) is 81.1 Å². The van der Waals surface area contributed by atoms with Crippen LogP contribution in [0.25, 0.3) is 0 Å². The quantitative estimate of drug-likeness (QED) is 0.250. The molecule has 0 heterocycles. The van der Waals surface area contributed by atoms with Gasteiger partial charge >= 0.3 is 33.3 Å². The summed E-state index contributed by atoms with van der Waals surface area (Å²) in [5.74, 6) is -1.43. The fourth-order valence-electron chi connectivity index (χ4n) is 2.85. The van der Waals surface area contributed by atoms with Gasteiger partial charge in [-0.2, -0.15) is 6.07 Å². The molecule has 0 bridgehead atoms. The first kappa shape index (κ1) is 46.7. The van der Waals surface area contributed by atoms with E-state index in [0.717, 1.165) is 0 Å². The minimum Gasteiger partial charge on any atom is -0.550 e. The van der Waals surface area contributed by atoms with E-state index in [2.05, 4.69) is 29.5 Å². The summed E-state index contributed by atoms with van der Waals surface area (Å²) in [7, 11) is 10.2. The molecule has 3 aromatic rings. The van der Waals surface area contributed by atoms with Gasteiger partial charge in [0.05, 0.1) is 42.9 Å². The molecule has 3 rings (SSSR count). The molecule has 0 aliphatic heterocycles. The third-order valence-corrected chi connectivity index (χ3v) is 5.62. The van der Waals surface area contributed by atoms with Crippen molar-refractivity contribution in [1.29, 1.82) is 0 Å². The van der Waals surface area contributed by atoms with Crippen molar-refractivity contribution < 1.29 is 69.5 Å². The Hall–Kier alpha value is -1.75. The van der Waals surface area contributed by atoms with E-state index in [1.165, 1.54) is 93.3 Å². The van der Waals surface area contributed by atoms with Crippen molar-refractivity contribution in [3.8, 4) is 17.2 Å². The van der Waals surface area contributed by atoms with Gasteiger partial charge in [-0.05, 0) is 23.2 Å². The molecule has 0 aromatic heterocycles. The van der Waals surface area contributed by atoms with E-state index in [-0.39, 0.29) is 59.0 Å². The summed E-state index contributed by atoms with van der Waals surface area (Å²) in [5, 5.41) is 0.769. The predicted octanol–water partition coefficient (Wildman–Crippen LogP) is 3.80. The Kier molecular flexibility index (Phi) is 28.1. The predicted molar refractivity (Wildman–Crippen MR) is 166 cm³/mol. The van der Waals surface area contributed by atoms with Crippen LogP contribution in [-0.2, 0) is 23.3 Å². The number of hydrogen-bond acceptors (Lipinski definition) is 8. The van der Waals surface area contributed by atoms with Gasteiger partial charge in [0.15, 0.2) is 23.1 Å². The van der Waals surface area contributed by atoms with Crippen LogP contribution in [0, 0.1) is 23.5 Å². The molecule has 0 atom stereocenters. The second-order valence-electron chi connectivity index (χ2n) is 7.21. The summed E-state index contributed by atoms with van der Waals surface area (Å²) in [6, 6.07) is 12.7. The third-order valence-electron chi connectivity index (χ3n) is 4.73. The minimum absolute atomic E-state index is 0. The smallest absolute Gasteiger partial charge is 0.550 e. The number of ether oxygens (including phenoxy) is 3. The topological polar surface area (TPSA) is 73.8 Å². The van der Waals surface area contributed by atoms with Crippen LogP contribution in [0.15, 0.2) is 42.5 Å². The summed E-state index contributed by atoms with van der Waals surface area (Å²) in [6.07, 6.45) is 0. The molecular formula is C27H35B2Cl3F3LiO8. The van der Waals surface area contributed by atoms with Crippen LogP contribution in [-0.4, -0.2) is 71.3 Å². The Morgan fingerprint density at radius 3 is 1.43 bits per heavy atom. The number of methoxy groups -OCH3 is 3. The molecule has 8 nitrogen and oxygen atoms in total. The van der Waals surface area contributed by atoms with E-state index < -0.39 is 31.9 Å². The normalized spacial score (nSPS) is 9.23. The summed E-state index contributed by atoms with van der Waals surface area (Å²) >= 11 is 16.9. The fraction of sp³-hybridized carbons (Fsp3) is 0.333. The second-order valence-corrected chi connectivity index (χ2v) is 8.43. The maximum Gasteiger partial charge on any atom is 1.00 e. The van der Waals surface area contributed by atoms with Gasteiger partial charge in [-0.15, -0.1) is 23.7 Å². The molecule has 0 fully saturated rings. The standard InChI is InChI=1S/C9H11BClFO3.C7H6ClFO.C7H5ClFO.C3H9BO3.CH4.Li/c1-13-9-7(11)5-4-6(8(9)12)10(14-2)15-3;2*1-10-7-5(8)3-2-4-6(7)9;1-5-4(6-2)7-3;;/h4-5H,1-3H3;2-4H,1H3;2-3H,1H3;1-3H3;1H4;/q;;-1;;;+1. The van der Waals surface area contributed by atoms with Gasteiger partial charge in [0.25, 0.3) is 0 Å². The summed E-state index contributed by atoms with van der Waals surface area (Å²) in [5.41, 5.74) is 0.251. The molecule has 0 saturated carbocycles. The molecule has 0 radical (unpaired) electrons. The van der Waals surface area contributed by atoms with Gasteiger partial charge in [0.2, 0.25) is 0 Å². The largest absolute Gasteiger partial charge is 1.00 e. The molecular weight excluding hydrogens is 644 g/mol. The Labute approximate surface area is 285 Å². The zero-order valence-electron chi connectivity index (χ0n) is 25.2. The first-order valence-electron chi connectivity index (χ1n) is 11.5. The molecule has 0 amide bonds. The Bertz CT molecular complexity index is 1100. The summed E-state index contributed by atoms with van der Waals surface area (Å²) in [4.78, 5) is 0. The average Bonchev–Trinajstić information content (AvgIpc) is 2.97. The Balaban J connectivity index is -0.000000520. The second kappa shape index (κ2) is 26.5. The van der Waals surface area contributed by atoms with Crippen molar-refractivity contribution in [2.45, 2.75) is 7.43 Å². The number of benzene rings is 3. The molecule has 0 saturated heterocycles. The maximum atomic E-state index is 13.8. The number of para-hydroxylation sites is 1. The molecule has 3 aromatic carbocycles.